The van der Waals surface area contributed by atoms with Gasteiger partial charge in [0.15, 0.2) is 12.7 Å². The predicted octanol–water partition coefficient (Wildman–Crippen LogP) is 3.04. The van der Waals surface area contributed by atoms with Gasteiger partial charge in [0.05, 0.1) is 21.3 Å². The number of esters is 1. The molecular weight excluding hydrogens is 395 g/mol. The van der Waals surface area contributed by atoms with Crippen LogP contribution in [-0.2, 0) is 14.3 Å². The van der Waals surface area contributed by atoms with Gasteiger partial charge in [0.1, 0.15) is 5.75 Å². The van der Waals surface area contributed by atoms with Gasteiger partial charge < -0.3 is 20.5 Å². The smallest absolute Gasteiger partial charge is 0.338 e. The van der Waals surface area contributed by atoms with Crippen molar-refractivity contribution in [3.05, 3.63) is 58.1 Å². The van der Waals surface area contributed by atoms with Crippen LogP contribution >= 0.6 is 23.2 Å². The van der Waals surface area contributed by atoms with E-state index in [1.54, 1.807) is 18.2 Å². The van der Waals surface area contributed by atoms with Gasteiger partial charge in [-0.3, -0.25) is 9.59 Å². The molecule has 7 nitrogen and oxygen atoms in total. The van der Waals surface area contributed by atoms with E-state index in [0.717, 1.165) is 0 Å². The van der Waals surface area contributed by atoms with E-state index < -0.39 is 23.9 Å². The third kappa shape index (κ3) is 5.87. The number of carbonyl (C=O) groups excluding carboxylic acids is 3. The van der Waals surface area contributed by atoms with Crippen LogP contribution in [0.4, 0.5) is 5.69 Å². The van der Waals surface area contributed by atoms with Gasteiger partial charge >= 0.3 is 5.97 Å². The second-order valence-corrected chi connectivity index (χ2v) is 6.23. The zero-order valence-corrected chi connectivity index (χ0v) is 15.7. The van der Waals surface area contributed by atoms with Gasteiger partial charge in [0, 0.05) is 0 Å². The first-order valence-corrected chi connectivity index (χ1v) is 8.50. The number of primary amides is 1. The van der Waals surface area contributed by atoms with Crippen molar-refractivity contribution in [2.24, 2.45) is 5.73 Å². The number of amides is 2. The van der Waals surface area contributed by atoms with Crippen molar-refractivity contribution in [3.8, 4) is 5.75 Å². The summed E-state index contributed by atoms with van der Waals surface area (Å²) in [4.78, 5) is 35.0. The number of rotatable bonds is 7. The third-order valence-electron chi connectivity index (χ3n) is 3.34. The molecule has 0 saturated heterocycles. The Morgan fingerprint density at radius 3 is 2.22 bits per heavy atom. The van der Waals surface area contributed by atoms with Gasteiger partial charge in [0.25, 0.3) is 11.8 Å². The van der Waals surface area contributed by atoms with Crippen LogP contribution in [-0.4, -0.2) is 30.5 Å². The number of carbonyl (C=O) groups is 3. The number of ether oxygens (including phenoxy) is 2. The summed E-state index contributed by atoms with van der Waals surface area (Å²) < 4.78 is 10.2. The van der Waals surface area contributed by atoms with Crippen molar-refractivity contribution in [2.75, 3.05) is 11.9 Å². The van der Waals surface area contributed by atoms with Gasteiger partial charge in [-0.1, -0.05) is 29.3 Å². The normalized spacial score (nSPS) is 11.4. The molecule has 0 aliphatic carbocycles. The lowest BCUT2D eigenvalue weighted by Crippen LogP contribution is -2.30. The fourth-order valence-electron chi connectivity index (χ4n) is 1.97. The number of anilines is 1. The van der Waals surface area contributed by atoms with Crippen LogP contribution in [0.2, 0.25) is 10.0 Å². The Balaban J connectivity index is 1.96. The number of hydrogen-bond donors (Lipinski definition) is 2. The van der Waals surface area contributed by atoms with E-state index >= 15 is 0 Å². The second kappa shape index (κ2) is 9.25. The minimum Gasteiger partial charge on any atom is -0.484 e. The van der Waals surface area contributed by atoms with Crippen LogP contribution in [0.1, 0.15) is 17.3 Å². The molecule has 0 spiro atoms. The highest BCUT2D eigenvalue weighted by molar-refractivity contribution is 6.39. The Labute approximate surface area is 165 Å². The molecule has 0 bridgehead atoms. The SMILES string of the molecule is C[C@H](OC(=O)c1ccc(OCC(N)=O)cc1)C(=O)Nc1c(Cl)cccc1Cl. The van der Waals surface area contributed by atoms with Crippen molar-refractivity contribution in [1.29, 1.82) is 0 Å². The number of nitrogens with one attached hydrogen (secondary N) is 1. The van der Waals surface area contributed by atoms with Gasteiger partial charge in [-0.25, -0.2) is 4.79 Å². The average Bonchev–Trinajstić information content (AvgIpc) is 2.63. The molecule has 0 aliphatic rings. The lowest BCUT2D eigenvalue weighted by Gasteiger charge is -2.15. The Morgan fingerprint density at radius 1 is 1.07 bits per heavy atom. The van der Waals surface area contributed by atoms with E-state index in [9.17, 15) is 14.4 Å². The molecular formula is C18H16Cl2N2O5. The summed E-state index contributed by atoms with van der Waals surface area (Å²) in [6, 6.07) is 10.6. The fraction of sp³-hybridized carbons (Fsp3) is 0.167. The number of benzene rings is 2. The van der Waals surface area contributed by atoms with E-state index in [2.05, 4.69) is 5.32 Å². The van der Waals surface area contributed by atoms with Crippen molar-refractivity contribution < 1.29 is 23.9 Å². The third-order valence-corrected chi connectivity index (χ3v) is 3.97. The van der Waals surface area contributed by atoms with Gasteiger partial charge in [-0.15, -0.1) is 0 Å². The zero-order chi connectivity index (χ0) is 20.0. The molecule has 3 N–H and O–H groups in total. The van der Waals surface area contributed by atoms with E-state index in [0.29, 0.717) is 5.75 Å². The van der Waals surface area contributed by atoms with Crippen molar-refractivity contribution in [3.63, 3.8) is 0 Å². The van der Waals surface area contributed by atoms with Crippen LogP contribution in [0.3, 0.4) is 0 Å². The van der Waals surface area contributed by atoms with Crippen LogP contribution in [0, 0.1) is 0 Å². The van der Waals surface area contributed by atoms with Crippen molar-refractivity contribution >= 4 is 46.7 Å². The summed E-state index contributed by atoms with van der Waals surface area (Å²) in [6.45, 7) is 1.15. The molecule has 27 heavy (non-hydrogen) atoms. The number of para-hydroxylation sites is 1. The summed E-state index contributed by atoms with van der Waals surface area (Å²) in [5, 5.41) is 3.06. The van der Waals surface area contributed by atoms with Crippen molar-refractivity contribution in [2.45, 2.75) is 13.0 Å². The molecule has 0 heterocycles. The van der Waals surface area contributed by atoms with Crippen LogP contribution in [0.5, 0.6) is 5.75 Å². The highest BCUT2D eigenvalue weighted by Gasteiger charge is 2.20. The molecule has 0 unspecified atom stereocenters. The summed E-state index contributed by atoms with van der Waals surface area (Å²) in [5.41, 5.74) is 5.43. The molecule has 0 fully saturated rings. The lowest BCUT2D eigenvalue weighted by molar-refractivity contribution is -0.123. The minimum atomic E-state index is -1.09. The number of nitrogens with two attached hydrogens (primary N) is 1. The fourth-order valence-corrected chi connectivity index (χ4v) is 2.46. The molecule has 9 heteroatoms. The molecule has 1 atom stereocenters. The Kier molecular flexibility index (Phi) is 7.04. The van der Waals surface area contributed by atoms with Gasteiger partial charge in [0.2, 0.25) is 0 Å². The molecule has 142 valence electrons. The van der Waals surface area contributed by atoms with Gasteiger partial charge in [-0.2, -0.15) is 0 Å². The molecule has 0 radical (unpaired) electrons. The standard InChI is InChI=1S/C18H16Cl2N2O5/c1-10(17(24)22-16-13(19)3-2-4-14(16)20)27-18(25)11-5-7-12(8-6-11)26-9-15(21)23/h2-8,10H,9H2,1H3,(H2,21,23)(H,22,24)/t10-/m0/s1. The lowest BCUT2D eigenvalue weighted by atomic mass is 10.2. The Morgan fingerprint density at radius 2 is 1.67 bits per heavy atom. The first-order chi connectivity index (χ1) is 12.8. The number of hydrogen-bond acceptors (Lipinski definition) is 5. The van der Waals surface area contributed by atoms with E-state index in [-0.39, 0.29) is 27.9 Å². The maximum absolute atomic E-state index is 12.2. The van der Waals surface area contributed by atoms with Crippen LogP contribution in [0.15, 0.2) is 42.5 Å². The summed E-state index contributed by atoms with van der Waals surface area (Å²) in [6.07, 6.45) is -1.09. The molecule has 0 aromatic heterocycles. The first kappa shape index (κ1) is 20.5. The van der Waals surface area contributed by atoms with E-state index in [1.165, 1.54) is 31.2 Å². The predicted molar refractivity (Wildman–Crippen MR) is 101 cm³/mol. The highest BCUT2D eigenvalue weighted by atomic mass is 35.5. The first-order valence-electron chi connectivity index (χ1n) is 7.75. The van der Waals surface area contributed by atoms with Crippen molar-refractivity contribution in [1.82, 2.24) is 0 Å². The Bertz CT molecular complexity index is 835. The molecule has 0 aliphatic heterocycles. The van der Waals surface area contributed by atoms with E-state index in [4.69, 9.17) is 38.4 Å². The molecule has 2 amide bonds. The second-order valence-electron chi connectivity index (χ2n) is 5.41. The summed E-state index contributed by atoms with van der Waals surface area (Å²) >= 11 is 12.0. The molecule has 2 aromatic carbocycles. The minimum absolute atomic E-state index is 0.205. The topological polar surface area (TPSA) is 108 Å². The van der Waals surface area contributed by atoms with E-state index in [1.807, 2.05) is 0 Å². The highest BCUT2D eigenvalue weighted by Crippen LogP contribution is 2.30. The molecule has 2 rings (SSSR count). The van der Waals surface area contributed by atoms with Gasteiger partial charge in [-0.05, 0) is 43.3 Å². The zero-order valence-electron chi connectivity index (χ0n) is 14.2. The van der Waals surface area contributed by atoms with Crippen LogP contribution in [0.25, 0.3) is 0 Å². The maximum atomic E-state index is 12.2. The summed E-state index contributed by atoms with van der Waals surface area (Å²) in [7, 11) is 0. The maximum Gasteiger partial charge on any atom is 0.338 e. The average molecular weight is 411 g/mol. The molecule has 0 saturated carbocycles. The number of halogens is 2. The molecule has 2 aromatic rings. The van der Waals surface area contributed by atoms with Crippen LogP contribution < -0.4 is 15.8 Å². The Hall–Kier alpha value is -2.77. The monoisotopic (exact) mass is 410 g/mol. The quantitative estimate of drug-likeness (QED) is 0.681. The largest absolute Gasteiger partial charge is 0.484 e. The summed E-state index contributed by atoms with van der Waals surface area (Å²) in [5.74, 6) is -1.54.